The number of hydrazone groups is 1. The van der Waals surface area contributed by atoms with Gasteiger partial charge in [-0.25, -0.2) is 9.82 Å². The van der Waals surface area contributed by atoms with Crippen LogP contribution in [0.5, 0.6) is 0 Å². The number of rotatable bonds is 3. The summed E-state index contributed by atoms with van der Waals surface area (Å²) < 4.78 is 13.6. The van der Waals surface area contributed by atoms with Crippen LogP contribution >= 0.6 is 0 Å². The Morgan fingerprint density at radius 2 is 1.83 bits per heavy atom. The predicted octanol–water partition coefficient (Wildman–Crippen LogP) is 2.69. The summed E-state index contributed by atoms with van der Waals surface area (Å²) in [5, 5.41) is 6.66. The van der Waals surface area contributed by atoms with Crippen LogP contribution in [-0.4, -0.2) is 17.5 Å². The van der Waals surface area contributed by atoms with Crippen molar-refractivity contribution in [3.8, 4) is 0 Å². The molecule has 5 nitrogen and oxygen atoms in total. The molecule has 2 N–H and O–H groups in total. The molecule has 0 bridgehead atoms. The van der Waals surface area contributed by atoms with Gasteiger partial charge in [-0.1, -0.05) is 24.3 Å². The minimum Gasteiger partial charge on any atom is -0.322 e. The van der Waals surface area contributed by atoms with Gasteiger partial charge < -0.3 is 5.32 Å². The third-order valence-corrected chi connectivity index (χ3v) is 3.50. The number of carbonyl (C=O) groups is 2. The predicted molar refractivity (Wildman–Crippen MR) is 84.7 cm³/mol. The maximum atomic E-state index is 13.6. The molecule has 0 saturated carbocycles. The fourth-order valence-corrected chi connectivity index (χ4v) is 2.27. The molecule has 1 aliphatic rings. The van der Waals surface area contributed by atoms with Gasteiger partial charge in [-0.05, 0) is 29.8 Å². The van der Waals surface area contributed by atoms with E-state index in [1.54, 1.807) is 30.3 Å². The average molecular weight is 311 g/mol. The summed E-state index contributed by atoms with van der Waals surface area (Å²) in [5.74, 6) is -1.16. The first-order valence-electron chi connectivity index (χ1n) is 7.15. The molecule has 1 heterocycles. The summed E-state index contributed by atoms with van der Waals surface area (Å²) in [4.78, 5) is 23.1. The largest absolute Gasteiger partial charge is 0.322 e. The highest BCUT2D eigenvalue weighted by Gasteiger charge is 2.14. The lowest BCUT2D eigenvalue weighted by atomic mass is 10.0. The van der Waals surface area contributed by atoms with Crippen molar-refractivity contribution in [2.75, 3.05) is 5.32 Å². The molecule has 6 heteroatoms. The number of hydrogen-bond acceptors (Lipinski definition) is 3. The van der Waals surface area contributed by atoms with Gasteiger partial charge in [0.15, 0.2) is 0 Å². The molecule has 0 aromatic heterocycles. The van der Waals surface area contributed by atoms with Crippen molar-refractivity contribution in [2.45, 2.75) is 12.8 Å². The van der Waals surface area contributed by atoms with Crippen LogP contribution in [0.25, 0.3) is 0 Å². The van der Waals surface area contributed by atoms with Gasteiger partial charge in [0.25, 0.3) is 5.91 Å². The highest BCUT2D eigenvalue weighted by atomic mass is 19.1. The van der Waals surface area contributed by atoms with E-state index in [9.17, 15) is 14.0 Å². The summed E-state index contributed by atoms with van der Waals surface area (Å²) in [6.45, 7) is 0. The lowest BCUT2D eigenvalue weighted by Crippen LogP contribution is -2.25. The molecule has 2 amide bonds. The Morgan fingerprint density at radius 1 is 1.09 bits per heavy atom. The van der Waals surface area contributed by atoms with Crippen LogP contribution in [0.15, 0.2) is 53.6 Å². The van der Waals surface area contributed by atoms with Crippen LogP contribution in [0.4, 0.5) is 10.1 Å². The van der Waals surface area contributed by atoms with Crippen LogP contribution < -0.4 is 10.7 Å². The Morgan fingerprint density at radius 3 is 2.48 bits per heavy atom. The molecule has 0 unspecified atom stereocenters. The Bertz CT molecular complexity index is 785. The SMILES string of the molecule is O=C1CCC(c2ccc(NC(=O)c3ccccc3F)cc2)=NN1. The molecule has 116 valence electrons. The molecule has 23 heavy (non-hydrogen) atoms. The summed E-state index contributed by atoms with van der Waals surface area (Å²) in [6, 6.07) is 12.8. The van der Waals surface area contributed by atoms with E-state index < -0.39 is 11.7 Å². The zero-order chi connectivity index (χ0) is 16.2. The zero-order valence-corrected chi connectivity index (χ0v) is 12.2. The van der Waals surface area contributed by atoms with Crippen molar-refractivity contribution in [3.63, 3.8) is 0 Å². The van der Waals surface area contributed by atoms with Gasteiger partial charge in [-0.3, -0.25) is 9.59 Å². The first-order valence-corrected chi connectivity index (χ1v) is 7.15. The van der Waals surface area contributed by atoms with Gasteiger partial charge in [-0.15, -0.1) is 0 Å². The first kappa shape index (κ1) is 14.9. The number of benzene rings is 2. The van der Waals surface area contributed by atoms with Crippen molar-refractivity contribution in [3.05, 3.63) is 65.5 Å². The molecule has 1 aliphatic heterocycles. The van der Waals surface area contributed by atoms with Crippen LogP contribution in [0, 0.1) is 5.82 Å². The number of anilines is 1. The van der Waals surface area contributed by atoms with E-state index in [0.29, 0.717) is 18.5 Å². The molecule has 0 aliphatic carbocycles. The lowest BCUT2D eigenvalue weighted by molar-refractivity contribution is -0.121. The van der Waals surface area contributed by atoms with Gasteiger partial charge >= 0.3 is 0 Å². The molecule has 0 saturated heterocycles. The minimum atomic E-state index is -0.561. The molecule has 0 radical (unpaired) electrons. The molecule has 0 atom stereocenters. The van der Waals surface area contributed by atoms with Crippen LogP contribution in [-0.2, 0) is 4.79 Å². The maximum absolute atomic E-state index is 13.6. The average Bonchev–Trinajstić information content (AvgIpc) is 2.57. The molecule has 0 spiro atoms. The van der Waals surface area contributed by atoms with Gasteiger partial charge in [-0.2, -0.15) is 5.10 Å². The van der Waals surface area contributed by atoms with E-state index in [-0.39, 0.29) is 11.5 Å². The summed E-state index contributed by atoms with van der Waals surface area (Å²) in [5.41, 5.74) is 4.65. The number of nitrogens with zero attached hydrogens (tertiary/aromatic N) is 1. The van der Waals surface area contributed by atoms with Crippen molar-refractivity contribution >= 4 is 23.2 Å². The number of amides is 2. The second-order valence-corrected chi connectivity index (χ2v) is 5.10. The third-order valence-electron chi connectivity index (χ3n) is 3.50. The lowest BCUT2D eigenvalue weighted by Gasteiger charge is -2.12. The monoisotopic (exact) mass is 311 g/mol. The normalized spacial score (nSPS) is 14.0. The third kappa shape index (κ3) is 3.42. The quantitative estimate of drug-likeness (QED) is 0.915. The maximum Gasteiger partial charge on any atom is 0.258 e. The first-order chi connectivity index (χ1) is 11.1. The highest BCUT2D eigenvalue weighted by molar-refractivity contribution is 6.06. The number of hydrogen-bond donors (Lipinski definition) is 2. The number of nitrogens with one attached hydrogen (secondary N) is 2. The van der Waals surface area contributed by atoms with Gasteiger partial charge in [0.1, 0.15) is 5.82 Å². The molecule has 3 rings (SSSR count). The summed E-state index contributed by atoms with van der Waals surface area (Å²) in [6.07, 6.45) is 0.984. The van der Waals surface area contributed by atoms with Crippen molar-refractivity contribution in [1.82, 2.24) is 5.43 Å². The van der Waals surface area contributed by atoms with E-state index in [1.165, 1.54) is 18.2 Å². The number of carbonyl (C=O) groups excluding carboxylic acids is 2. The fraction of sp³-hybridized carbons (Fsp3) is 0.118. The van der Waals surface area contributed by atoms with Crippen molar-refractivity contribution in [1.29, 1.82) is 0 Å². The Hall–Kier alpha value is -3.02. The van der Waals surface area contributed by atoms with E-state index in [2.05, 4.69) is 15.8 Å². The van der Waals surface area contributed by atoms with E-state index in [1.807, 2.05) is 0 Å². The molecule has 2 aromatic carbocycles. The standard InChI is InChI=1S/C17H14FN3O2/c18-14-4-2-1-3-13(14)17(23)19-12-7-5-11(6-8-12)15-9-10-16(22)21-20-15/h1-8H,9-10H2,(H,19,23)(H,21,22). The molecule has 0 fully saturated rings. The molecular formula is C17H14FN3O2. The van der Waals surface area contributed by atoms with E-state index in [4.69, 9.17) is 0 Å². The Labute approximate surface area is 132 Å². The Kier molecular flexibility index (Phi) is 4.14. The van der Waals surface area contributed by atoms with Crippen LogP contribution in [0.3, 0.4) is 0 Å². The fourth-order valence-electron chi connectivity index (χ4n) is 2.27. The zero-order valence-electron chi connectivity index (χ0n) is 12.2. The topological polar surface area (TPSA) is 70.6 Å². The molecular weight excluding hydrogens is 297 g/mol. The van der Waals surface area contributed by atoms with Gasteiger partial charge in [0, 0.05) is 18.5 Å². The van der Waals surface area contributed by atoms with Crippen molar-refractivity contribution < 1.29 is 14.0 Å². The summed E-state index contributed by atoms with van der Waals surface area (Å²) in [7, 11) is 0. The van der Waals surface area contributed by atoms with Crippen LogP contribution in [0.1, 0.15) is 28.8 Å². The second kappa shape index (κ2) is 6.39. The minimum absolute atomic E-state index is 0.00376. The second-order valence-electron chi connectivity index (χ2n) is 5.10. The van der Waals surface area contributed by atoms with Gasteiger partial charge in [0.05, 0.1) is 11.3 Å². The number of halogens is 1. The van der Waals surface area contributed by atoms with E-state index in [0.717, 1.165) is 11.3 Å². The van der Waals surface area contributed by atoms with Gasteiger partial charge in [0.2, 0.25) is 5.91 Å². The smallest absolute Gasteiger partial charge is 0.258 e. The Balaban J connectivity index is 1.72. The highest BCUT2D eigenvalue weighted by Crippen LogP contribution is 2.16. The molecule has 2 aromatic rings. The summed E-state index contributed by atoms with van der Waals surface area (Å²) >= 11 is 0. The van der Waals surface area contributed by atoms with E-state index >= 15 is 0 Å². The van der Waals surface area contributed by atoms with Crippen LogP contribution in [0.2, 0.25) is 0 Å². The van der Waals surface area contributed by atoms with Crippen molar-refractivity contribution in [2.24, 2.45) is 5.10 Å².